The Labute approximate surface area is 198 Å². The van der Waals surface area contributed by atoms with Gasteiger partial charge in [0.2, 0.25) is 0 Å². The number of halogens is 3. The zero-order chi connectivity index (χ0) is 22.1. The van der Waals surface area contributed by atoms with Crippen LogP contribution in [0.5, 0.6) is 0 Å². The lowest BCUT2D eigenvalue weighted by Gasteiger charge is -2.06. The number of anilines is 1. The van der Waals surface area contributed by atoms with Gasteiger partial charge in [-0.1, -0.05) is 71.2 Å². The number of nitrogens with zero attached hydrogens (tertiary/aromatic N) is 3. The summed E-state index contributed by atoms with van der Waals surface area (Å²) in [6.45, 7) is 0. The lowest BCUT2D eigenvalue weighted by atomic mass is 10.2. The van der Waals surface area contributed by atoms with Crippen LogP contribution in [-0.2, 0) is 0 Å². The van der Waals surface area contributed by atoms with Crippen LogP contribution in [0.25, 0.3) is 28.1 Å². The van der Waals surface area contributed by atoms with Crippen LogP contribution in [0.1, 0.15) is 5.56 Å². The molecule has 5 aromatic rings. The van der Waals surface area contributed by atoms with Crippen molar-refractivity contribution in [3.05, 3.63) is 99.6 Å². The van der Waals surface area contributed by atoms with Gasteiger partial charge in [0.25, 0.3) is 0 Å². The van der Waals surface area contributed by atoms with Gasteiger partial charge < -0.3 is 4.42 Å². The molecule has 0 saturated carbocycles. The van der Waals surface area contributed by atoms with E-state index < -0.39 is 0 Å². The molecule has 32 heavy (non-hydrogen) atoms. The van der Waals surface area contributed by atoms with E-state index in [2.05, 4.69) is 10.5 Å². The first-order chi connectivity index (χ1) is 15.6. The number of hydrazone groups is 1. The molecule has 2 heterocycles. The van der Waals surface area contributed by atoms with Crippen molar-refractivity contribution in [2.24, 2.45) is 5.10 Å². The highest BCUT2D eigenvalue weighted by Crippen LogP contribution is 2.34. The smallest absolute Gasteiger partial charge is 0.156 e. The van der Waals surface area contributed by atoms with Crippen molar-refractivity contribution in [3.63, 3.8) is 0 Å². The third-order valence-electron chi connectivity index (χ3n) is 4.81. The quantitative estimate of drug-likeness (QED) is 0.207. The molecule has 0 saturated heterocycles. The molecule has 3 aromatic carbocycles. The van der Waals surface area contributed by atoms with Crippen LogP contribution in [-0.4, -0.2) is 16.0 Å². The Morgan fingerprint density at radius 1 is 0.906 bits per heavy atom. The van der Waals surface area contributed by atoms with Crippen LogP contribution >= 0.6 is 34.8 Å². The number of benzene rings is 3. The lowest BCUT2D eigenvalue weighted by Crippen LogP contribution is -1.93. The standard InChI is InChI=1S/C24H15Cl3N4O/c25-17-11-19(26)24(20(27)12-17)29-28-13-16-14-31(18-7-2-1-3-8-18)30-23(16)22-10-15-6-4-5-9-21(15)32-22/h1-14,29H/b28-13+. The minimum absolute atomic E-state index is 0.372. The minimum Gasteiger partial charge on any atom is -0.454 e. The van der Waals surface area contributed by atoms with Gasteiger partial charge in [-0.05, 0) is 36.4 Å². The van der Waals surface area contributed by atoms with Gasteiger partial charge in [0.15, 0.2) is 5.76 Å². The Bertz CT molecular complexity index is 1380. The van der Waals surface area contributed by atoms with Gasteiger partial charge in [0.05, 0.1) is 27.6 Å². The first kappa shape index (κ1) is 20.6. The van der Waals surface area contributed by atoms with Gasteiger partial charge >= 0.3 is 0 Å². The fourth-order valence-electron chi connectivity index (χ4n) is 3.30. The Hall–Kier alpha value is -3.25. The molecule has 0 unspecified atom stereocenters. The second-order valence-corrected chi connectivity index (χ2v) is 8.23. The number of hydrogen-bond acceptors (Lipinski definition) is 4. The molecule has 1 N–H and O–H groups in total. The maximum absolute atomic E-state index is 6.24. The molecule has 0 aliphatic rings. The molecule has 0 aliphatic heterocycles. The summed E-state index contributed by atoms with van der Waals surface area (Å²) in [6, 6.07) is 22.8. The summed E-state index contributed by atoms with van der Waals surface area (Å²) in [6.07, 6.45) is 3.53. The molecular weight excluding hydrogens is 467 g/mol. The molecule has 5 rings (SSSR count). The molecule has 0 amide bonds. The molecule has 5 nitrogen and oxygen atoms in total. The molecule has 158 valence electrons. The molecule has 0 spiro atoms. The number of hydrogen-bond donors (Lipinski definition) is 1. The average Bonchev–Trinajstić information content (AvgIpc) is 3.40. The predicted octanol–water partition coefficient (Wildman–Crippen LogP) is 7.69. The highest BCUT2D eigenvalue weighted by Gasteiger charge is 2.16. The van der Waals surface area contributed by atoms with Crippen molar-refractivity contribution in [1.29, 1.82) is 0 Å². The summed E-state index contributed by atoms with van der Waals surface area (Å²) in [5.41, 5.74) is 6.47. The second-order valence-electron chi connectivity index (χ2n) is 6.98. The van der Waals surface area contributed by atoms with Gasteiger partial charge in [-0.15, -0.1) is 0 Å². The van der Waals surface area contributed by atoms with E-state index in [1.807, 2.05) is 66.9 Å². The predicted molar refractivity (Wildman–Crippen MR) is 131 cm³/mol. The van der Waals surface area contributed by atoms with Crippen molar-refractivity contribution < 1.29 is 4.42 Å². The van der Waals surface area contributed by atoms with Crippen molar-refractivity contribution in [1.82, 2.24) is 9.78 Å². The van der Waals surface area contributed by atoms with Crippen molar-refractivity contribution in [3.8, 4) is 17.1 Å². The van der Waals surface area contributed by atoms with Crippen molar-refractivity contribution in [2.45, 2.75) is 0 Å². The molecule has 0 fully saturated rings. The second kappa shape index (κ2) is 8.71. The van der Waals surface area contributed by atoms with Crippen LogP contribution in [0.4, 0.5) is 5.69 Å². The van der Waals surface area contributed by atoms with E-state index in [1.54, 1.807) is 23.0 Å². The summed E-state index contributed by atoms with van der Waals surface area (Å²) in [5.74, 6) is 0.643. The first-order valence-electron chi connectivity index (χ1n) is 9.66. The van der Waals surface area contributed by atoms with E-state index in [9.17, 15) is 0 Å². The number of furan rings is 1. The Morgan fingerprint density at radius 3 is 2.38 bits per heavy atom. The molecule has 8 heteroatoms. The van der Waals surface area contributed by atoms with E-state index in [0.717, 1.165) is 22.2 Å². The zero-order valence-corrected chi connectivity index (χ0v) is 18.7. The summed E-state index contributed by atoms with van der Waals surface area (Å²) in [5, 5.41) is 11.3. The van der Waals surface area contributed by atoms with Crippen LogP contribution < -0.4 is 5.43 Å². The zero-order valence-electron chi connectivity index (χ0n) is 16.5. The highest BCUT2D eigenvalue weighted by molar-refractivity contribution is 6.41. The first-order valence-corrected chi connectivity index (χ1v) is 10.8. The summed E-state index contributed by atoms with van der Waals surface area (Å²) in [4.78, 5) is 0. The van der Waals surface area contributed by atoms with Crippen LogP contribution in [0, 0.1) is 0 Å². The van der Waals surface area contributed by atoms with E-state index >= 15 is 0 Å². The molecule has 0 aliphatic carbocycles. The highest BCUT2D eigenvalue weighted by atomic mass is 35.5. The lowest BCUT2D eigenvalue weighted by molar-refractivity contribution is 0.627. The fraction of sp³-hybridized carbons (Fsp3) is 0. The molecule has 0 radical (unpaired) electrons. The maximum Gasteiger partial charge on any atom is 0.156 e. The molecule has 2 aromatic heterocycles. The number of fused-ring (bicyclic) bond motifs is 1. The van der Waals surface area contributed by atoms with E-state index in [-0.39, 0.29) is 0 Å². The van der Waals surface area contributed by atoms with Crippen LogP contribution in [0.15, 0.2) is 88.5 Å². The number of para-hydroxylation sites is 2. The van der Waals surface area contributed by atoms with Gasteiger partial charge in [-0.3, -0.25) is 5.43 Å². The maximum atomic E-state index is 6.24. The Morgan fingerprint density at radius 2 is 1.62 bits per heavy atom. The normalized spacial score (nSPS) is 11.5. The van der Waals surface area contributed by atoms with E-state index in [4.69, 9.17) is 44.3 Å². The molecule has 0 atom stereocenters. The molecular formula is C24H15Cl3N4O. The minimum atomic E-state index is 0.372. The monoisotopic (exact) mass is 480 g/mol. The Kier molecular flexibility index (Phi) is 5.62. The number of rotatable bonds is 5. The average molecular weight is 482 g/mol. The summed E-state index contributed by atoms with van der Waals surface area (Å²) in [7, 11) is 0. The largest absolute Gasteiger partial charge is 0.454 e. The fourth-order valence-corrected chi connectivity index (χ4v) is 4.20. The van der Waals surface area contributed by atoms with Gasteiger partial charge in [0.1, 0.15) is 11.3 Å². The third kappa shape index (κ3) is 4.10. The Balaban J connectivity index is 1.54. The van der Waals surface area contributed by atoms with E-state index in [0.29, 0.717) is 32.2 Å². The third-order valence-corrected chi connectivity index (χ3v) is 5.62. The SMILES string of the molecule is Clc1cc(Cl)c(N/N=C/c2cn(-c3ccccc3)nc2-c2cc3ccccc3o2)c(Cl)c1. The van der Waals surface area contributed by atoms with Crippen molar-refractivity contribution >= 4 is 57.7 Å². The van der Waals surface area contributed by atoms with E-state index in [1.165, 1.54) is 0 Å². The van der Waals surface area contributed by atoms with Gasteiger partial charge in [-0.25, -0.2) is 4.68 Å². The summed E-state index contributed by atoms with van der Waals surface area (Å²) >= 11 is 18.5. The van der Waals surface area contributed by atoms with Crippen LogP contribution in [0.2, 0.25) is 15.1 Å². The topological polar surface area (TPSA) is 55.4 Å². The number of nitrogens with one attached hydrogen (secondary N) is 1. The molecule has 0 bridgehead atoms. The van der Waals surface area contributed by atoms with Crippen molar-refractivity contribution in [2.75, 3.05) is 5.43 Å². The summed E-state index contributed by atoms with van der Waals surface area (Å²) < 4.78 is 7.83. The van der Waals surface area contributed by atoms with Gasteiger partial charge in [-0.2, -0.15) is 10.2 Å². The number of aromatic nitrogens is 2. The van der Waals surface area contributed by atoms with Gasteiger partial charge in [0, 0.05) is 22.2 Å². The van der Waals surface area contributed by atoms with Crippen LogP contribution in [0.3, 0.4) is 0 Å².